The summed E-state index contributed by atoms with van der Waals surface area (Å²) in [5.74, 6) is 4.08. The van der Waals surface area contributed by atoms with Crippen molar-refractivity contribution in [1.82, 2.24) is 0 Å². The first-order chi connectivity index (χ1) is 12.3. The summed E-state index contributed by atoms with van der Waals surface area (Å²) in [6.07, 6.45) is -4.43. The van der Waals surface area contributed by atoms with Crippen LogP contribution in [0.1, 0.15) is 37.4 Å². The molecule has 0 bridgehead atoms. The molecule has 0 atom stereocenters. The average molecular weight is 362 g/mol. The van der Waals surface area contributed by atoms with Gasteiger partial charge in [0.1, 0.15) is 0 Å². The van der Waals surface area contributed by atoms with Gasteiger partial charge in [0, 0.05) is 11.1 Å². The summed E-state index contributed by atoms with van der Waals surface area (Å²) in [4.78, 5) is 23.4. The summed E-state index contributed by atoms with van der Waals surface area (Å²) in [6.45, 7) is 0. The molecule has 0 amide bonds. The van der Waals surface area contributed by atoms with Crippen molar-refractivity contribution in [3.63, 3.8) is 0 Å². The molecule has 0 heterocycles. The van der Waals surface area contributed by atoms with Crippen LogP contribution in [-0.2, 0) is 15.7 Å². The number of ether oxygens (including phenoxy) is 2. The molecule has 2 aromatic rings. The van der Waals surface area contributed by atoms with E-state index in [1.807, 2.05) is 0 Å². The van der Waals surface area contributed by atoms with Crippen LogP contribution in [0.25, 0.3) is 0 Å². The zero-order valence-electron chi connectivity index (χ0n) is 13.8. The lowest BCUT2D eigenvalue weighted by molar-refractivity contribution is -0.137. The van der Waals surface area contributed by atoms with E-state index in [4.69, 9.17) is 0 Å². The third-order valence-electron chi connectivity index (χ3n) is 3.40. The summed E-state index contributed by atoms with van der Waals surface area (Å²) in [5.41, 5.74) is 0.0272. The van der Waals surface area contributed by atoms with Crippen LogP contribution in [0.3, 0.4) is 0 Å². The van der Waals surface area contributed by atoms with Gasteiger partial charge in [-0.3, -0.25) is 0 Å². The second-order valence-corrected chi connectivity index (χ2v) is 5.07. The molecule has 4 nitrogen and oxygen atoms in total. The maximum atomic E-state index is 12.6. The molecule has 0 fully saturated rings. The lowest BCUT2D eigenvalue weighted by atomic mass is 10.0. The number of carbonyl (C=O) groups excluding carboxylic acids is 2. The van der Waals surface area contributed by atoms with E-state index in [-0.39, 0.29) is 16.7 Å². The first-order valence-electron chi connectivity index (χ1n) is 7.26. The summed E-state index contributed by atoms with van der Waals surface area (Å²) in [7, 11) is 2.41. The average Bonchev–Trinajstić information content (AvgIpc) is 2.64. The first-order valence-corrected chi connectivity index (χ1v) is 7.26. The molecule has 2 rings (SSSR count). The molecule has 0 spiro atoms. The first kappa shape index (κ1) is 19.1. The molecular weight excluding hydrogens is 349 g/mol. The van der Waals surface area contributed by atoms with E-state index in [9.17, 15) is 22.8 Å². The van der Waals surface area contributed by atoms with Crippen LogP contribution in [0.15, 0.2) is 42.5 Å². The van der Waals surface area contributed by atoms with Gasteiger partial charge in [-0.15, -0.1) is 0 Å². The molecule has 0 aliphatic heterocycles. The zero-order chi connectivity index (χ0) is 19.3. The van der Waals surface area contributed by atoms with Crippen LogP contribution in [0.5, 0.6) is 0 Å². The summed E-state index contributed by atoms with van der Waals surface area (Å²) in [5, 5.41) is 0. The summed E-state index contributed by atoms with van der Waals surface area (Å²) < 4.78 is 47.0. The van der Waals surface area contributed by atoms with Gasteiger partial charge in [0.2, 0.25) is 0 Å². The van der Waals surface area contributed by atoms with Gasteiger partial charge in [0.15, 0.2) is 0 Å². The molecule has 26 heavy (non-hydrogen) atoms. The topological polar surface area (TPSA) is 52.6 Å². The molecule has 0 aliphatic rings. The van der Waals surface area contributed by atoms with Crippen molar-refractivity contribution < 1.29 is 32.2 Å². The van der Waals surface area contributed by atoms with Gasteiger partial charge < -0.3 is 9.47 Å². The number of alkyl halides is 3. The van der Waals surface area contributed by atoms with Crippen LogP contribution in [0.2, 0.25) is 0 Å². The third kappa shape index (κ3) is 4.42. The molecule has 7 heteroatoms. The molecule has 0 radical (unpaired) electrons. The fourth-order valence-corrected chi connectivity index (χ4v) is 2.06. The Labute approximate surface area is 147 Å². The Kier molecular flexibility index (Phi) is 5.68. The normalized spacial score (nSPS) is 10.5. The van der Waals surface area contributed by atoms with Crippen molar-refractivity contribution in [3.05, 3.63) is 70.3 Å². The molecule has 0 unspecified atom stereocenters. The van der Waals surface area contributed by atoms with Crippen LogP contribution in [0.4, 0.5) is 13.2 Å². The van der Waals surface area contributed by atoms with Crippen LogP contribution < -0.4 is 0 Å². The molecule has 134 valence electrons. The maximum Gasteiger partial charge on any atom is 0.416 e. The third-order valence-corrected chi connectivity index (χ3v) is 3.40. The van der Waals surface area contributed by atoms with Crippen LogP contribution >= 0.6 is 0 Å². The Balaban J connectivity index is 2.43. The molecule has 0 saturated carbocycles. The fourth-order valence-electron chi connectivity index (χ4n) is 2.06. The minimum atomic E-state index is -4.43. The quantitative estimate of drug-likeness (QED) is 0.604. The highest BCUT2D eigenvalue weighted by molar-refractivity contribution is 5.95. The van der Waals surface area contributed by atoms with Crippen LogP contribution in [-0.4, -0.2) is 26.2 Å². The molecule has 0 N–H and O–H groups in total. The smallest absolute Gasteiger partial charge is 0.416 e. The number of halogens is 3. The Morgan fingerprint density at radius 1 is 0.885 bits per heavy atom. The second kappa shape index (κ2) is 7.74. The van der Waals surface area contributed by atoms with Crippen molar-refractivity contribution in [2.75, 3.05) is 14.2 Å². The van der Waals surface area contributed by atoms with E-state index in [1.165, 1.54) is 44.6 Å². The number of methoxy groups -OCH3 is 2. The zero-order valence-corrected chi connectivity index (χ0v) is 13.8. The van der Waals surface area contributed by atoms with E-state index in [0.717, 1.165) is 12.1 Å². The summed E-state index contributed by atoms with van der Waals surface area (Å²) >= 11 is 0. The number of benzene rings is 2. The molecular formula is C19H13F3O4. The Morgan fingerprint density at radius 2 is 1.50 bits per heavy atom. The standard InChI is InChI=1S/C19H13F3O4/c1-25-17(23)14-7-10-16(18(24)26-2)13(11-14)6-3-12-4-8-15(9-5-12)19(20,21)22/h4-5,7-11H,1-2H3. The maximum absolute atomic E-state index is 12.6. The predicted molar refractivity (Wildman–Crippen MR) is 86.5 cm³/mol. The molecule has 2 aromatic carbocycles. The second-order valence-electron chi connectivity index (χ2n) is 5.07. The lowest BCUT2D eigenvalue weighted by Gasteiger charge is -2.06. The highest BCUT2D eigenvalue weighted by Gasteiger charge is 2.29. The summed E-state index contributed by atoms with van der Waals surface area (Å²) in [6, 6.07) is 8.38. The van der Waals surface area contributed by atoms with Gasteiger partial charge in [0.05, 0.1) is 30.9 Å². The molecule has 0 aromatic heterocycles. The number of esters is 2. The number of rotatable bonds is 2. The van der Waals surface area contributed by atoms with Gasteiger partial charge in [-0.25, -0.2) is 9.59 Å². The van der Waals surface area contributed by atoms with Crippen molar-refractivity contribution in [1.29, 1.82) is 0 Å². The Bertz CT molecular complexity index is 888. The Morgan fingerprint density at radius 3 is 2.04 bits per heavy atom. The van der Waals surface area contributed by atoms with E-state index in [1.54, 1.807) is 0 Å². The minimum Gasteiger partial charge on any atom is -0.465 e. The van der Waals surface area contributed by atoms with Gasteiger partial charge in [-0.2, -0.15) is 13.2 Å². The Hall–Kier alpha value is -3.27. The van der Waals surface area contributed by atoms with Crippen molar-refractivity contribution >= 4 is 11.9 Å². The van der Waals surface area contributed by atoms with E-state index >= 15 is 0 Å². The fraction of sp³-hybridized carbons (Fsp3) is 0.158. The van der Waals surface area contributed by atoms with Gasteiger partial charge in [-0.1, -0.05) is 11.8 Å². The minimum absolute atomic E-state index is 0.125. The monoisotopic (exact) mass is 362 g/mol. The van der Waals surface area contributed by atoms with E-state index in [0.29, 0.717) is 5.56 Å². The van der Waals surface area contributed by atoms with E-state index < -0.39 is 23.7 Å². The lowest BCUT2D eigenvalue weighted by Crippen LogP contribution is -2.07. The number of hydrogen-bond donors (Lipinski definition) is 0. The van der Waals surface area contributed by atoms with Gasteiger partial charge in [0.25, 0.3) is 0 Å². The van der Waals surface area contributed by atoms with Crippen LogP contribution in [0, 0.1) is 11.8 Å². The van der Waals surface area contributed by atoms with Crippen molar-refractivity contribution in [2.45, 2.75) is 6.18 Å². The van der Waals surface area contributed by atoms with Crippen molar-refractivity contribution in [3.8, 4) is 11.8 Å². The predicted octanol–water partition coefficient (Wildman–Crippen LogP) is 3.68. The number of hydrogen-bond acceptors (Lipinski definition) is 4. The number of carbonyl (C=O) groups is 2. The van der Waals surface area contributed by atoms with Crippen molar-refractivity contribution in [2.24, 2.45) is 0 Å². The SMILES string of the molecule is COC(=O)c1ccc(C(=O)OC)c(C#Cc2ccc(C(F)(F)F)cc2)c1. The van der Waals surface area contributed by atoms with Gasteiger partial charge >= 0.3 is 18.1 Å². The highest BCUT2D eigenvalue weighted by atomic mass is 19.4. The molecule has 0 aliphatic carbocycles. The van der Waals surface area contributed by atoms with E-state index in [2.05, 4.69) is 21.3 Å². The highest BCUT2D eigenvalue weighted by Crippen LogP contribution is 2.29. The molecule has 0 saturated heterocycles. The van der Waals surface area contributed by atoms with Gasteiger partial charge in [-0.05, 0) is 42.5 Å². The largest absolute Gasteiger partial charge is 0.465 e.